The van der Waals surface area contributed by atoms with Crippen LogP contribution in [0.3, 0.4) is 0 Å². The molecule has 0 aliphatic heterocycles. The molecule has 0 aromatic heterocycles. The lowest BCUT2D eigenvalue weighted by Gasteiger charge is -2.14. The van der Waals surface area contributed by atoms with E-state index >= 15 is 0 Å². The fourth-order valence-electron chi connectivity index (χ4n) is 2.76. The second-order valence-corrected chi connectivity index (χ2v) is 5.97. The normalized spacial score (nSPS) is 10.3. The Labute approximate surface area is 149 Å². The Morgan fingerprint density at radius 2 is 1.48 bits per heavy atom. The Hall–Kier alpha value is -2.62. The number of hydrogen-bond donors (Lipinski definition) is 2. The third-order valence-electron chi connectivity index (χ3n) is 4.15. The van der Waals surface area contributed by atoms with Gasteiger partial charge in [-0.25, -0.2) is 0 Å². The van der Waals surface area contributed by atoms with E-state index < -0.39 is 0 Å². The summed E-state index contributed by atoms with van der Waals surface area (Å²) in [6.45, 7) is 4.50. The van der Waals surface area contributed by atoms with Crippen LogP contribution in [-0.2, 0) is 28.9 Å². The SMILES string of the molecule is CCc1cccc(CC)c1NC(=O)CCNC(=O)Cc1ccccc1. The molecule has 0 saturated carbocycles. The zero-order valence-corrected chi connectivity index (χ0v) is 15.0. The topological polar surface area (TPSA) is 58.2 Å². The first-order valence-electron chi connectivity index (χ1n) is 8.85. The molecule has 0 fully saturated rings. The van der Waals surface area contributed by atoms with Crippen LogP contribution in [0.1, 0.15) is 37.0 Å². The van der Waals surface area contributed by atoms with E-state index in [4.69, 9.17) is 0 Å². The van der Waals surface area contributed by atoms with Crippen molar-refractivity contribution in [2.24, 2.45) is 0 Å². The summed E-state index contributed by atoms with van der Waals surface area (Å²) in [5.74, 6) is -0.141. The van der Waals surface area contributed by atoms with Crippen molar-refractivity contribution >= 4 is 17.5 Å². The van der Waals surface area contributed by atoms with Gasteiger partial charge in [-0.1, -0.05) is 62.4 Å². The van der Waals surface area contributed by atoms with E-state index in [2.05, 4.69) is 24.5 Å². The van der Waals surface area contributed by atoms with Gasteiger partial charge in [-0.2, -0.15) is 0 Å². The van der Waals surface area contributed by atoms with Gasteiger partial charge in [0.15, 0.2) is 0 Å². The van der Waals surface area contributed by atoms with E-state index in [0.29, 0.717) is 13.0 Å². The van der Waals surface area contributed by atoms with Gasteiger partial charge in [0, 0.05) is 18.7 Å². The maximum atomic E-state index is 12.2. The summed E-state index contributed by atoms with van der Waals surface area (Å²) < 4.78 is 0. The molecule has 0 aliphatic carbocycles. The molecule has 0 heterocycles. The van der Waals surface area contributed by atoms with Gasteiger partial charge in [0.1, 0.15) is 0 Å². The van der Waals surface area contributed by atoms with Crippen molar-refractivity contribution in [1.29, 1.82) is 0 Å². The summed E-state index contributed by atoms with van der Waals surface area (Å²) in [4.78, 5) is 24.1. The van der Waals surface area contributed by atoms with Crippen LogP contribution in [0, 0.1) is 0 Å². The minimum atomic E-state index is -0.0735. The molecule has 0 atom stereocenters. The number of amides is 2. The monoisotopic (exact) mass is 338 g/mol. The Morgan fingerprint density at radius 3 is 2.08 bits per heavy atom. The number of rotatable bonds is 8. The highest BCUT2D eigenvalue weighted by atomic mass is 16.2. The average molecular weight is 338 g/mol. The predicted octanol–water partition coefficient (Wildman–Crippen LogP) is 3.50. The van der Waals surface area contributed by atoms with Crippen LogP contribution < -0.4 is 10.6 Å². The fourth-order valence-corrected chi connectivity index (χ4v) is 2.76. The molecule has 0 radical (unpaired) electrons. The van der Waals surface area contributed by atoms with Crippen LogP contribution in [-0.4, -0.2) is 18.4 Å². The molecule has 0 aliphatic rings. The second kappa shape index (κ2) is 9.62. The Morgan fingerprint density at radius 1 is 0.840 bits per heavy atom. The first kappa shape index (κ1) is 18.7. The van der Waals surface area contributed by atoms with Crippen molar-refractivity contribution in [2.45, 2.75) is 39.5 Å². The lowest BCUT2D eigenvalue weighted by atomic mass is 10.0. The first-order valence-corrected chi connectivity index (χ1v) is 8.85. The minimum Gasteiger partial charge on any atom is -0.355 e. The number of para-hydroxylation sites is 1. The fraction of sp³-hybridized carbons (Fsp3) is 0.333. The number of hydrogen-bond acceptors (Lipinski definition) is 2. The lowest BCUT2D eigenvalue weighted by Crippen LogP contribution is -2.29. The summed E-state index contributed by atoms with van der Waals surface area (Å²) >= 11 is 0. The number of aryl methyl sites for hydroxylation is 2. The highest BCUT2D eigenvalue weighted by Gasteiger charge is 2.10. The van der Waals surface area contributed by atoms with Crippen LogP contribution >= 0.6 is 0 Å². The van der Waals surface area contributed by atoms with Gasteiger partial charge in [-0.15, -0.1) is 0 Å². The van der Waals surface area contributed by atoms with Crippen LogP contribution in [0.25, 0.3) is 0 Å². The van der Waals surface area contributed by atoms with E-state index in [1.165, 1.54) is 0 Å². The predicted molar refractivity (Wildman–Crippen MR) is 102 cm³/mol. The Balaban J connectivity index is 1.82. The van der Waals surface area contributed by atoms with Gasteiger partial charge in [0.25, 0.3) is 0 Å². The number of anilines is 1. The van der Waals surface area contributed by atoms with Crippen LogP contribution in [0.4, 0.5) is 5.69 Å². The molecule has 2 rings (SSSR count). The Kier molecular flexibility index (Phi) is 7.20. The van der Waals surface area contributed by atoms with Crippen molar-refractivity contribution in [3.05, 3.63) is 65.2 Å². The summed E-state index contributed by atoms with van der Waals surface area (Å²) in [6, 6.07) is 15.7. The molecule has 0 bridgehead atoms. The molecule has 132 valence electrons. The molecular formula is C21H26N2O2. The average Bonchev–Trinajstić information content (AvgIpc) is 2.62. The second-order valence-electron chi connectivity index (χ2n) is 5.97. The Bertz CT molecular complexity index is 689. The molecule has 0 unspecified atom stereocenters. The van der Waals surface area contributed by atoms with Gasteiger partial charge in [-0.3, -0.25) is 9.59 Å². The van der Waals surface area contributed by atoms with E-state index in [1.54, 1.807) is 0 Å². The molecule has 2 amide bonds. The minimum absolute atomic E-state index is 0.0674. The summed E-state index contributed by atoms with van der Waals surface area (Å²) in [6.07, 6.45) is 2.34. The maximum absolute atomic E-state index is 12.2. The van der Waals surface area contributed by atoms with E-state index in [1.807, 2.05) is 48.5 Å². The molecular weight excluding hydrogens is 312 g/mol. The van der Waals surface area contributed by atoms with Gasteiger partial charge in [-0.05, 0) is 29.5 Å². The third kappa shape index (κ3) is 5.75. The van der Waals surface area contributed by atoms with Crippen molar-refractivity contribution in [3.8, 4) is 0 Å². The van der Waals surface area contributed by atoms with Gasteiger partial charge in [0.2, 0.25) is 11.8 Å². The molecule has 2 aromatic rings. The zero-order valence-electron chi connectivity index (χ0n) is 15.0. The van der Waals surface area contributed by atoms with Crippen molar-refractivity contribution in [3.63, 3.8) is 0 Å². The number of nitrogens with one attached hydrogen (secondary N) is 2. The molecule has 4 heteroatoms. The van der Waals surface area contributed by atoms with Crippen LogP contribution in [0.2, 0.25) is 0 Å². The zero-order chi connectivity index (χ0) is 18.1. The number of benzene rings is 2. The van der Waals surface area contributed by atoms with Crippen LogP contribution in [0.15, 0.2) is 48.5 Å². The van der Waals surface area contributed by atoms with Gasteiger partial charge in [0.05, 0.1) is 6.42 Å². The molecule has 2 N–H and O–H groups in total. The lowest BCUT2D eigenvalue weighted by molar-refractivity contribution is -0.120. The van der Waals surface area contributed by atoms with Gasteiger partial charge >= 0.3 is 0 Å². The quantitative estimate of drug-likeness (QED) is 0.774. The number of carbonyl (C=O) groups excluding carboxylic acids is 2. The largest absolute Gasteiger partial charge is 0.355 e. The number of carbonyl (C=O) groups is 2. The van der Waals surface area contributed by atoms with Crippen molar-refractivity contribution in [2.75, 3.05) is 11.9 Å². The van der Waals surface area contributed by atoms with E-state index in [0.717, 1.165) is 35.2 Å². The van der Waals surface area contributed by atoms with E-state index in [9.17, 15) is 9.59 Å². The summed E-state index contributed by atoms with van der Waals surface area (Å²) in [7, 11) is 0. The van der Waals surface area contributed by atoms with E-state index in [-0.39, 0.29) is 18.2 Å². The van der Waals surface area contributed by atoms with Crippen molar-refractivity contribution in [1.82, 2.24) is 5.32 Å². The molecule has 0 spiro atoms. The molecule has 2 aromatic carbocycles. The van der Waals surface area contributed by atoms with Crippen molar-refractivity contribution < 1.29 is 9.59 Å². The highest BCUT2D eigenvalue weighted by molar-refractivity contribution is 5.93. The molecule has 25 heavy (non-hydrogen) atoms. The van der Waals surface area contributed by atoms with Gasteiger partial charge < -0.3 is 10.6 Å². The van der Waals surface area contributed by atoms with Crippen LogP contribution in [0.5, 0.6) is 0 Å². The summed E-state index contributed by atoms with van der Waals surface area (Å²) in [5, 5.41) is 5.82. The smallest absolute Gasteiger partial charge is 0.226 e. The highest BCUT2D eigenvalue weighted by Crippen LogP contribution is 2.22. The summed E-state index contributed by atoms with van der Waals surface area (Å²) in [5.41, 5.74) is 4.17. The molecule has 0 saturated heterocycles. The standard InChI is InChI=1S/C21H26N2O2/c1-3-17-11-8-12-18(4-2)21(17)23-19(24)13-14-22-20(25)15-16-9-6-5-7-10-16/h5-12H,3-4,13-15H2,1-2H3,(H,22,25)(H,23,24). The molecule has 4 nitrogen and oxygen atoms in total. The first-order chi connectivity index (χ1) is 12.1. The third-order valence-corrected chi connectivity index (χ3v) is 4.15. The maximum Gasteiger partial charge on any atom is 0.226 e.